The topological polar surface area (TPSA) is 43.1 Å². The first-order valence-corrected chi connectivity index (χ1v) is 7.42. The van der Waals surface area contributed by atoms with Crippen molar-refractivity contribution in [2.75, 3.05) is 0 Å². The molecule has 0 radical (unpaired) electrons. The molecule has 0 bridgehead atoms. The van der Waals surface area contributed by atoms with E-state index in [1.165, 1.54) is 21.6 Å². The van der Waals surface area contributed by atoms with E-state index < -0.39 is 0 Å². The van der Waals surface area contributed by atoms with E-state index in [0.717, 1.165) is 23.3 Å². The molecule has 0 saturated heterocycles. The van der Waals surface area contributed by atoms with Gasteiger partial charge in [-0.15, -0.1) is 11.3 Å². The van der Waals surface area contributed by atoms with Crippen molar-refractivity contribution in [1.82, 2.24) is 0 Å². The van der Waals surface area contributed by atoms with Crippen LogP contribution in [0.2, 0.25) is 0 Å². The fourth-order valence-corrected chi connectivity index (χ4v) is 4.36. The molecule has 1 aliphatic rings. The average molecular weight is 271 g/mol. The molecule has 1 amide bonds. The Bertz CT molecular complexity index is 657. The van der Waals surface area contributed by atoms with Crippen molar-refractivity contribution in [3.63, 3.8) is 0 Å². The van der Waals surface area contributed by atoms with Gasteiger partial charge >= 0.3 is 0 Å². The van der Waals surface area contributed by atoms with Crippen molar-refractivity contribution in [3.05, 3.63) is 45.8 Å². The van der Waals surface area contributed by atoms with Gasteiger partial charge in [-0.25, -0.2) is 0 Å². The molecule has 0 saturated carbocycles. The molecule has 3 rings (SSSR count). The Labute approximate surface area is 117 Å². The first-order chi connectivity index (χ1) is 9.09. The largest absolute Gasteiger partial charge is 0.366 e. The summed E-state index contributed by atoms with van der Waals surface area (Å²) in [5.41, 5.74) is 10.2. The van der Waals surface area contributed by atoms with Crippen LogP contribution in [0, 0.1) is 6.92 Å². The molecule has 19 heavy (non-hydrogen) atoms. The smallest absolute Gasteiger partial charge is 0.250 e. The number of carbonyl (C=O) groups excluding carboxylic acids is 1. The first-order valence-electron chi connectivity index (χ1n) is 6.61. The van der Waals surface area contributed by atoms with Crippen molar-refractivity contribution < 1.29 is 4.79 Å². The summed E-state index contributed by atoms with van der Waals surface area (Å²) in [5.74, 6) is 0.0936. The molecule has 1 aromatic carbocycles. The zero-order valence-corrected chi connectivity index (χ0v) is 12.0. The molecule has 0 spiro atoms. The predicted octanol–water partition coefficient (Wildman–Crippen LogP) is 3.87. The summed E-state index contributed by atoms with van der Waals surface area (Å²) in [6, 6.07) is 8.50. The number of nitrogens with two attached hydrogens (primary N) is 1. The third-order valence-corrected chi connectivity index (χ3v) is 5.12. The highest BCUT2D eigenvalue weighted by atomic mass is 32.1. The Kier molecular flexibility index (Phi) is 2.94. The lowest BCUT2D eigenvalue weighted by Gasteiger charge is -2.10. The van der Waals surface area contributed by atoms with Crippen LogP contribution in [0.3, 0.4) is 0 Å². The normalized spacial score (nSPS) is 17.5. The van der Waals surface area contributed by atoms with E-state index in [-0.39, 0.29) is 5.91 Å². The predicted molar refractivity (Wildman–Crippen MR) is 79.7 cm³/mol. The molecule has 0 fully saturated rings. The van der Waals surface area contributed by atoms with Gasteiger partial charge in [-0.05, 0) is 42.4 Å². The minimum atomic E-state index is -0.291. The second-order valence-electron chi connectivity index (χ2n) is 5.24. The molecular formula is C16H17NOS. The first kappa shape index (κ1) is 12.4. The Hall–Kier alpha value is -1.61. The van der Waals surface area contributed by atoms with E-state index in [4.69, 9.17) is 5.73 Å². The van der Waals surface area contributed by atoms with Crippen LogP contribution in [0.1, 0.15) is 45.6 Å². The number of thiophene rings is 1. The van der Waals surface area contributed by atoms with Crippen molar-refractivity contribution in [3.8, 4) is 10.4 Å². The maximum absolute atomic E-state index is 11.8. The van der Waals surface area contributed by atoms with Crippen LogP contribution in [0.4, 0.5) is 0 Å². The summed E-state index contributed by atoms with van der Waals surface area (Å²) < 4.78 is 0. The fourth-order valence-electron chi connectivity index (χ4n) is 3.01. The van der Waals surface area contributed by atoms with Crippen molar-refractivity contribution in [2.45, 2.75) is 32.6 Å². The van der Waals surface area contributed by atoms with Gasteiger partial charge in [0, 0.05) is 9.75 Å². The second-order valence-corrected chi connectivity index (χ2v) is 6.46. The maximum atomic E-state index is 11.8. The lowest BCUT2D eigenvalue weighted by Crippen LogP contribution is -2.14. The molecule has 2 nitrogen and oxygen atoms in total. The van der Waals surface area contributed by atoms with Crippen LogP contribution in [-0.2, 0) is 6.42 Å². The van der Waals surface area contributed by atoms with Gasteiger partial charge in [-0.1, -0.05) is 31.2 Å². The highest BCUT2D eigenvalue weighted by molar-refractivity contribution is 7.16. The SMILES string of the molecule is Cc1sc2c(c1C(N)=O)C(C)CCc1ccccc1-2. The molecule has 1 aromatic heterocycles. The minimum Gasteiger partial charge on any atom is -0.366 e. The van der Waals surface area contributed by atoms with Gasteiger partial charge in [0.1, 0.15) is 0 Å². The number of benzene rings is 1. The van der Waals surface area contributed by atoms with Crippen LogP contribution >= 0.6 is 11.3 Å². The van der Waals surface area contributed by atoms with Crippen LogP contribution < -0.4 is 5.73 Å². The highest BCUT2D eigenvalue weighted by Gasteiger charge is 2.27. The summed E-state index contributed by atoms with van der Waals surface area (Å²) in [6.45, 7) is 4.19. The third-order valence-electron chi connectivity index (χ3n) is 3.97. The molecule has 0 aliphatic heterocycles. The molecule has 1 unspecified atom stereocenters. The summed E-state index contributed by atoms with van der Waals surface area (Å²) in [4.78, 5) is 14.0. The molecule has 2 aromatic rings. The molecule has 98 valence electrons. The van der Waals surface area contributed by atoms with Gasteiger partial charge in [0.15, 0.2) is 0 Å². The van der Waals surface area contributed by atoms with Crippen LogP contribution in [0.5, 0.6) is 0 Å². The zero-order valence-electron chi connectivity index (χ0n) is 11.2. The van der Waals surface area contributed by atoms with Gasteiger partial charge in [0.05, 0.1) is 5.56 Å². The molecule has 2 N–H and O–H groups in total. The van der Waals surface area contributed by atoms with Gasteiger partial charge in [-0.3, -0.25) is 4.79 Å². The number of fused-ring (bicyclic) bond motifs is 3. The van der Waals surface area contributed by atoms with E-state index >= 15 is 0 Å². The van der Waals surface area contributed by atoms with Crippen molar-refractivity contribution in [2.24, 2.45) is 5.73 Å². The van der Waals surface area contributed by atoms with Crippen molar-refractivity contribution >= 4 is 17.2 Å². The van der Waals surface area contributed by atoms with Gasteiger partial charge in [0.2, 0.25) is 5.91 Å². The Morgan fingerprint density at radius 3 is 2.84 bits per heavy atom. The summed E-state index contributed by atoms with van der Waals surface area (Å²) in [5, 5.41) is 0. The van der Waals surface area contributed by atoms with Crippen LogP contribution in [0.25, 0.3) is 10.4 Å². The van der Waals surface area contributed by atoms with E-state index in [2.05, 4.69) is 31.2 Å². The summed E-state index contributed by atoms with van der Waals surface area (Å²) >= 11 is 1.70. The van der Waals surface area contributed by atoms with Crippen LogP contribution in [-0.4, -0.2) is 5.91 Å². The average Bonchev–Trinajstić information content (AvgIpc) is 2.67. The fraction of sp³-hybridized carbons (Fsp3) is 0.312. The van der Waals surface area contributed by atoms with Crippen molar-refractivity contribution in [1.29, 1.82) is 0 Å². The number of aryl methyl sites for hydroxylation is 2. The van der Waals surface area contributed by atoms with Crippen LogP contribution in [0.15, 0.2) is 24.3 Å². The van der Waals surface area contributed by atoms with Gasteiger partial charge in [-0.2, -0.15) is 0 Å². The van der Waals surface area contributed by atoms with Gasteiger partial charge < -0.3 is 5.73 Å². The second kappa shape index (κ2) is 4.49. The number of hydrogen-bond donors (Lipinski definition) is 1. The number of carbonyl (C=O) groups is 1. The quantitative estimate of drug-likeness (QED) is 0.840. The lowest BCUT2D eigenvalue weighted by molar-refractivity contribution is 0.0999. The summed E-state index contributed by atoms with van der Waals surface area (Å²) in [7, 11) is 0. The third kappa shape index (κ3) is 1.89. The monoisotopic (exact) mass is 271 g/mol. The molecule has 3 heteroatoms. The number of rotatable bonds is 1. The Morgan fingerprint density at radius 1 is 1.37 bits per heavy atom. The standard InChI is InChI=1S/C16H17NOS/c1-9-7-8-11-5-3-4-6-12(11)15-13(9)14(16(17)18)10(2)19-15/h3-6,9H,7-8H2,1-2H3,(H2,17,18). The molecular weight excluding hydrogens is 254 g/mol. The lowest BCUT2D eigenvalue weighted by atomic mass is 9.93. The number of primary amides is 1. The Morgan fingerprint density at radius 2 is 2.11 bits per heavy atom. The van der Waals surface area contributed by atoms with E-state index in [1.807, 2.05) is 6.92 Å². The molecule has 1 atom stereocenters. The number of amides is 1. The summed E-state index contributed by atoms with van der Waals surface area (Å²) in [6.07, 6.45) is 2.14. The van der Waals surface area contributed by atoms with E-state index in [0.29, 0.717) is 5.92 Å². The highest BCUT2D eigenvalue weighted by Crippen LogP contribution is 2.45. The zero-order chi connectivity index (χ0) is 13.6. The van der Waals surface area contributed by atoms with E-state index in [9.17, 15) is 4.79 Å². The minimum absolute atomic E-state index is 0.291. The van der Waals surface area contributed by atoms with Gasteiger partial charge in [0.25, 0.3) is 0 Å². The molecule has 1 heterocycles. The van der Waals surface area contributed by atoms with E-state index in [1.54, 1.807) is 11.3 Å². The molecule has 1 aliphatic carbocycles. The number of hydrogen-bond acceptors (Lipinski definition) is 2. The maximum Gasteiger partial charge on any atom is 0.250 e. The Balaban J connectivity index is 2.33.